The van der Waals surface area contributed by atoms with E-state index in [1.54, 1.807) is 0 Å². The number of nitrogens with zero attached hydrogens (tertiary/aromatic N) is 1. The van der Waals surface area contributed by atoms with Crippen LogP contribution in [0.15, 0.2) is 18.2 Å². The molecule has 1 aromatic carbocycles. The van der Waals surface area contributed by atoms with Crippen molar-refractivity contribution in [3.63, 3.8) is 0 Å². The Morgan fingerprint density at radius 2 is 2.00 bits per heavy atom. The quantitative estimate of drug-likeness (QED) is 0.843. The predicted octanol–water partition coefficient (Wildman–Crippen LogP) is 2.97. The Morgan fingerprint density at radius 1 is 1.32 bits per heavy atom. The molecule has 0 radical (unpaired) electrons. The van der Waals surface area contributed by atoms with Crippen LogP contribution in [0.1, 0.15) is 12.8 Å². The van der Waals surface area contributed by atoms with Crippen LogP contribution in [0.3, 0.4) is 0 Å². The van der Waals surface area contributed by atoms with Gasteiger partial charge in [0, 0.05) is 12.2 Å². The fourth-order valence-corrected chi connectivity index (χ4v) is 2.43. The molecule has 1 fully saturated rings. The Kier molecular flexibility index (Phi) is 4.60. The molecule has 4 nitrogen and oxygen atoms in total. The third kappa shape index (κ3) is 3.49. The molecule has 0 bridgehead atoms. The standard InChI is InChI=1S/C13H11ClF4N2O2/c14-8-6-7(3-4-9(8)15)19-11(21)10-2-1-5-20(10)12(22)13(16,17)18/h3-4,6,10H,1-2,5H2,(H,19,21). The van der Waals surface area contributed by atoms with E-state index in [9.17, 15) is 27.2 Å². The van der Waals surface area contributed by atoms with Gasteiger partial charge in [-0.1, -0.05) is 11.6 Å². The van der Waals surface area contributed by atoms with Crippen molar-refractivity contribution >= 4 is 29.1 Å². The fraction of sp³-hybridized carbons (Fsp3) is 0.385. The van der Waals surface area contributed by atoms with Crippen LogP contribution in [0.4, 0.5) is 23.2 Å². The number of carbonyl (C=O) groups is 2. The van der Waals surface area contributed by atoms with Crippen LogP contribution in [0.2, 0.25) is 5.02 Å². The molecule has 0 spiro atoms. The summed E-state index contributed by atoms with van der Waals surface area (Å²) in [5, 5.41) is 2.11. The average molecular weight is 339 g/mol. The zero-order chi connectivity index (χ0) is 16.5. The molecule has 1 atom stereocenters. The average Bonchev–Trinajstić information content (AvgIpc) is 2.90. The SMILES string of the molecule is O=C(Nc1ccc(F)c(Cl)c1)C1CCCN1C(=O)C(F)(F)F. The van der Waals surface area contributed by atoms with Gasteiger partial charge in [0.25, 0.3) is 0 Å². The molecule has 2 amide bonds. The molecule has 120 valence electrons. The Morgan fingerprint density at radius 3 is 2.59 bits per heavy atom. The largest absolute Gasteiger partial charge is 0.471 e. The van der Waals surface area contributed by atoms with E-state index in [0.717, 1.165) is 12.1 Å². The Hall–Kier alpha value is -1.83. The maximum atomic E-state index is 13.0. The zero-order valence-corrected chi connectivity index (χ0v) is 11.8. The molecule has 9 heteroatoms. The minimum absolute atomic E-state index is 0.128. The van der Waals surface area contributed by atoms with Crippen molar-refractivity contribution in [1.82, 2.24) is 4.90 Å². The van der Waals surface area contributed by atoms with E-state index >= 15 is 0 Å². The summed E-state index contributed by atoms with van der Waals surface area (Å²) in [5.41, 5.74) is 0.141. The van der Waals surface area contributed by atoms with Crippen molar-refractivity contribution in [2.75, 3.05) is 11.9 Å². The molecule has 1 N–H and O–H groups in total. The number of halogens is 5. The predicted molar refractivity (Wildman–Crippen MR) is 70.8 cm³/mol. The first-order valence-corrected chi connectivity index (χ1v) is 6.71. The zero-order valence-electron chi connectivity index (χ0n) is 11.1. The summed E-state index contributed by atoms with van der Waals surface area (Å²) in [6.07, 6.45) is -4.60. The van der Waals surface area contributed by atoms with Crippen molar-refractivity contribution in [3.05, 3.63) is 29.0 Å². The highest BCUT2D eigenvalue weighted by Crippen LogP contribution is 2.27. The highest BCUT2D eigenvalue weighted by Gasteiger charge is 2.47. The normalized spacial score (nSPS) is 18.4. The van der Waals surface area contributed by atoms with Crippen molar-refractivity contribution < 1.29 is 27.2 Å². The Balaban J connectivity index is 2.11. The van der Waals surface area contributed by atoms with E-state index in [0.29, 0.717) is 11.3 Å². The molecule has 2 rings (SSSR count). The van der Waals surface area contributed by atoms with E-state index in [1.807, 2.05) is 0 Å². The smallest absolute Gasteiger partial charge is 0.324 e. The number of likely N-dealkylation sites (tertiary alicyclic amines) is 1. The van der Waals surface area contributed by atoms with Gasteiger partial charge in [-0.25, -0.2) is 4.39 Å². The molecule has 1 aliphatic heterocycles. The summed E-state index contributed by atoms with van der Waals surface area (Å²) in [6, 6.07) is 2.17. The summed E-state index contributed by atoms with van der Waals surface area (Å²) >= 11 is 5.56. The number of hydrogen-bond acceptors (Lipinski definition) is 2. The first kappa shape index (κ1) is 16.5. The topological polar surface area (TPSA) is 49.4 Å². The van der Waals surface area contributed by atoms with Crippen molar-refractivity contribution in [2.45, 2.75) is 25.1 Å². The highest BCUT2D eigenvalue weighted by atomic mass is 35.5. The number of nitrogens with one attached hydrogen (secondary N) is 1. The maximum absolute atomic E-state index is 13.0. The van der Waals surface area contributed by atoms with E-state index in [2.05, 4.69) is 5.32 Å². The monoisotopic (exact) mass is 338 g/mol. The molecule has 1 heterocycles. The summed E-state index contributed by atoms with van der Waals surface area (Å²) in [7, 11) is 0. The Labute approximate surface area is 128 Å². The number of amides is 2. The first-order valence-electron chi connectivity index (χ1n) is 6.34. The van der Waals surface area contributed by atoms with Crippen LogP contribution in [-0.2, 0) is 9.59 Å². The van der Waals surface area contributed by atoms with Gasteiger partial charge in [-0.3, -0.25) is 9.59 Å². The van der Waals surface area contributed by atoms with Gasteiger partial charge in [-0.05, 0) is 31.0 Å². The lowest BCUT2D eigenvalue weighted by molar-refractivity contribution is -0.186. The van der Waals surface area contributed by atoms with E-state index < -0.39 is 29.8 Å². The second-order valence-electron chi connectivity index (χ2n) is 4.77. The lowest BCUT2D eigenvalue weighted by Crippen LogP contribution is -2.48. The number of carbonyl (C=O) groups excluding carboxylic acids is 2. The lowest BCUT2D eigenvalue weighted by atomic mass is 10.2. The van der Waals surface area contributed by atoms with Crippen LogP contribution in [0.5, 0.6) is 0 Å². The van der Waals surface area contributed by atoms with Gasteiger partial charge in [-0.15, -0.1) is 0 Å². The van der Waals surface area contributed by atoms with Crippen LogP contribution >= 0.6 is 11.6 Å². The number of rotatable bonds is 2. The minimum atomic E-state index is -5.03. The summed E-state index contributed by atoms with van der Waals surface area (Å²) in [6.45, 7) is -0.138. The molecular weight excluding hydrogens is 328 g/mol. The van der Waals surface area contributed by atoms with Crippen molar-refractivity contribution in [2.24, 2.45) is 0 Å². The molecule has 0 aromatic heterocycles. The van der Waals surface area contributed by atoms with Gasteiger partial charge in [0.05, 0.1) is 5.02 Å². The van der Waals surface area contributed by atoms with Crippen molar-refractivity contribution in [3.8, 4) is 0 Å². The van der Waals surface area contributed by atoms with E-state index in [-0.39, 0.29) is 23.7 Å². The van der Waals surface area contributed by atoms with Gasteiger partial charge < -0.3 is 10.2 Å². The number of anilines is 1. The van der Waals surface area contributed by atoms with Gasteiger partial charge in [0.15, 0.2) is 0 Å². The van der Waals surface area contributed by atoms with E-state index in [1.165, 1.54) is 6.07 Å². The van der Waals surface area contributed by atoms with Gasteiger partial charge in [0.2, 0.25) is 5.91 Å². The molecule has 1 unspecified atom stereocenters. The first-order chi connectivity index (χ1) is 10.2. The minimum Gasteiger partial charge on any atom is -0.324 e. The molecule has 1 aromatic rings. The lowest BCUT2D eigenvalue weighted by Gasteiger charge is -2.24. The number of alkyl halides is 3. The van der Waals surface area contributed by atoms with Gasteiger partial charge in [-0.2, -0.15) is 13.2 Å². The molecular formula is C13H11ClF4N2O2. The summed E-state index contributed by atoms with van der Waals surface area (Å²) < 4.78 is 50.5. The van der Waals surface area contributed by atoms with Crippen LogP contribution in [-0.4, -0.2) is 35.5 Å². The van der Waals surface area contributed by atoms with Gasteiger partial charge >= 0.3 is 12.1 Å². The third-order valence-electron chi connectivity index (χ3n) is 3.25. The van der Waals surface area contributed by atoms with Crippen LogP contribution < -0.4 is 5.32 Å². The third-order valence-corrected chi connectivity index (χ3v) is 3.54. The molecule has 0 aliphatic carbocycles. The molecule has 0 saturated carbocycles. The maximum Gasteiger partial charge on any atom is 0.471 e. The summed E-state index contributed by atoms with van der Waals surface area (Å²) in [5.74, 6) is -3.49. The molecule has 1 aliphatic rings. The fourth-order valence-electron chi connectivity index (χ4n) is 2.24. The summed E-state index contributed by atoms with van der Waals surface area (Å²) in [4.78, 5) is 23.8. The van der Waals surface area contributed by atoms with Gasteiger partial charge in [0.1, 0.15) is 11.9 Å². The van der Waals surface area contributed by atoms with Crippen LogP contribution in [0, 0.1) is 5.82 Å². The molecule has 1 saturated heterocycles. The number of benzene rings is 1. The second kappa shape index (κ2) is 6.12. The van der Waals surface area contributed by atoms with E-state index in [4.69, 9.17) is 11.6 Å². The highest BCUT2D eigenvalue weighted by molar-refractivity contribution is 6.31. The second-order valence-corrected chi connectivity index (χ2v) is 5.18. The number of hydrogen-bond donors (Lipinski definition) is 1. The molecule has 22 heavy (non-hydrogen) atoms. The Bertz CT molecular complexity index is 606. The van der Waals surface area contributed by atoms with Crippen LogP contribution in [0.25, 0.3) is 0 Å². The van der Waals surface area contributed by atoms with Crippen molar-refractivity contribution in [1.29, 1.82) is 0 Å².